The lowest BCUT2D eigenvalue weighted by atomic mass is 10.2. The van der Waals surface area contributed by atoms with E-state index in [1.165, 1.54) is 0 Å². The van der Waals surface area contributed by atoms with Crippen LogP contribution in [-0.4, -0.2) is 41.1 Å². The van der Waals surface area contributed by atoms with Gasteiger partial charge in [0.15, 0.2) is 6.61 Å². The number of nitrogens with one attached hydrogen (secondary N) is 1. The van der Waals surface area contributed by atoms with Gasteiger partial charge in [-0.15, -0.1) is 0 Å². The van der Waals surface area contributed by atoms with Gasteiger partial charge in [0.25, 0.3) is 5.91 Å². The SMILES string of the molecule is CCCN1C(=O)N/C(=C/c2cc(Br)c(OCC(=O)O)c(I)c2)C1=O. The summed E-state index contributed by atoms with van der Waals surface area (Å²) >= 11 is 5.34. The summed E-state index contributed by atoms with van der Waals surface area (Å²) in [4.78, 5) is 35.7. The molecule has 1 aromatic rings. The number of ether oxygens (including phenoxy) is 1. The first-order valence-corrected chi connectivity index (χ1v) is 8.88. The number of carboxylic acids is 1. The third-order valence-electron chi connectivity index (χ3n) is 3.08. The molecule has 0 aliphatic carbocycles. The predicted molar refractivity (Wildman–Crippen MR) is 98.5 cm³/mol. The Labute approximate surface area is 160 Å². The van der Waals surface area contributed by atoms with Crippen LogP contribution in [0.3, 0.4) is 0 Å². The van der Waals surface area contributed by atoms with Crippen LogP contribution in [-0.2, 0) is 9.59 Å². The molecule has 1 fully saturated rings. The van der Waals surface area contributed by atoms with Gasteiger partial charge in [0.1, 0.15) is 11.4 Å². The number of hydrogen-bond acceptors (Lipinski definition) is 4. The molecular formula is C15H14BrIN2O5. The Balaban J connectivity index is 2.26. The minimum atomic E-state index is -1.07. The summed E-state index contributed by atoms with van der Waals surface area (Å²) < 4.78 is 6.46. The normalized spacial score (nSPS) is 15.8. The zero-order valence-electron chi connectivity index (χ0n) is 12.6. The monoisotopic (exact) mass is 508 g/mol. The molecule has 0 atom stereocenters. The van der Waals surface area contributed by atoms with Crippen LogP contribution in [0.2, 0.25) is 0 Å². The van der Waals surface area contributed by atoms with Crippen LogP contribution in [0.25, 0.3) is 6.08 Å². The Hall–Kier alpha value is -1.62. The van der Waals surface area contributed by atoms with Crippen LogP contribution in [0.15, 0.2) is 22.3 Å². The first-order valence-electron chi connectivity index (χ1n) is 7.01. The van der Waals surface area contributed by atoms with E-state index in [4.69, 9.17) is 9.84 Å². The van der Waals surface area contributed by atoms with Crippen LogP contribution in [0.5, 0.6) is 5.75 Å². The molecule has 2 rings (SSSR count). The number of carbonyl (C=O) groups excluding carboxylic acids is 2. The van der Waals surface area contributed by atoms with Crippen LogP contribution in [0, 0.1) is 3.57 Å². The second-order valence-corrected chi connectivity index (χ2v) is 6.96. The van der Waals surface area contributed by atoms with Gasteiger partial charge >= 0.3 is 12.0 Å². The van der Waals surface area contributed by atoms with Crippen LogP contribution in [0.1, 0.15) is 18.9 Å². The molecule has 0 bridgehead atoms. The molecule has 1 heterocycles. The standard InChI is InChI=1S/C15H14BrIN2O5/c1-2-3-19-14(22)11(18-15(19)23)6-8-4-9(16)13(10(17)5-8)24-7-12(20)21/h4-6H,2-3,7H2,1H3,(H,18,23)(H,20,21)/b11-6+. The molecule has 128 valence electrons. The van der Waals surface area contributed by atoms with Crippen molar-refractivity contribution >= 4 is 62.5 Å². The van der Waals surface area contributed by atoms with Crippen LogP contribution in [0.4, 0.5) is 4.79 Å². The minimum Gasteiger partial charge on any atom is -0.480 e. The van der Waals surface area contributed by atoms with Crippen molar-refractivity contribution in [2.45, 2.75) is 13.3 Å². The van der Waals surface area contributed by atoms with Crippen molar-refractivity contribution in [1.82, 2.24) is 10.2 Å². The highest BCUT2D eigenvalue weighted by Crippen LogP contribution is 2.33. The molecule has 7 nitrogen and oxygen atoms in total. The molecule has 0 aromatic heterocycles. The topological polar surface area (TPSA) is 95.9 Å². The van der Waals surface area contributed by atoms with Crippen molar-refractivity contribution in [1.29, 1.82) is 0 Å². The van der Waals surface area contributed by atoms with Crippen molar-refractivity contribution in [3.8, 4) is 5.75 Å². The molecule has 0 saturated carbocycles. The maximum Gasteiger partial charge on any atom is 0.341 e. The number of amides is 3. The van der Waals surface area contributed by atoms with Crippen molar-refractivity contribution in [2.24, 2.45) is 0 Å². The van der Waals surface area contributed by atoms with Gasteiger partial charge in [0.2, 0.25) is 0 Å². The second-order valence-electron chi connectivity index (χ2n) is 4.94. The zero-order chi connectivity index (χ0) is 17.9. The molecule has 0 radical (unpaired) electrons. The van der Waals surface area contributed by atoms with Gasteiger partial charge in [0.05, 0.1) is 8.04 Å². The number of hydrogen-bond donors (Lipinski definition) is 2. The number of carbonyl (C=O) groups is 3. The quantitative estimate of drug-likeness (QED) is 0.350. The van der Waals surface area contributed by atoms with E-state index in [2.05, 4.69) is 21.2 Å². The van der Waals surface area contributed by atoms with E-state index < -0.39 is 18.6 Å². The lowest BCUT2D eigenvalue weighted by molar-refractivity contribution is -0.139. The third-order valence-corrected chi connectivity index (χ3v) is 4.47. The summed E-state index contributed by atoms with van der Waals surface area (Å²) in [5.41, 5.74) is 0.881. The van der Waals surface area contributed by atoms with Crippen LogP contribution < -0.4 is 10.1 Å². The lowest BCUT2D eigenvalue weighted by Crippen LogP contribution is -2.31. The summed E-state index contributed by atoms with van der Waals surface area (Å²) in [6, 6.07) is 2.99. The maximum atomic E-state index is 12.2. The molecule has 3 amide bonds. The van der Waals surface area contributed by atoms with E-state index in [-0.39, 0.29) is 11.6 Å². The molecule has 0 spiro atoms. The van der Waals surface area contributed by atoms with Gasteiger partial charge in [0, 0.05) is 6.54 Å². The first-order chi connectivity index (χ1) is 11.3. The first kappa shape index (κ1) is 18.7. The summed E-state index contributed by atoms with van der Waals surface area (Å²) in [6.07, 6.45) is 2.26. The lowest BCUT2D eigenvalue weighted by Gasteiger charge is -2.10. The maximum absolute atomic E-state index is 12.2. The number of aliphatic carboxylic acids is 1. The molecular weight excluding hydrogens is 495 g/mol. The summed E-state index contributed by atoms with van der Waals surface area (Å²) in [6.45, 7) is 1.80. The van der Waals surface area contributed by atoms with E-state index in [9.17, 15) is 14.4 Å². The van der Waals surface area contributed by atoms with Crippen molar-refractivity contribution in [3.63, 3.8) is 0 Å². The fourth-order valence-electron chi connectivity index (χ4n) is 2.10. The number of imide groups is 1. The fraction of sp³-hybridized carbons (Fsp3) is 0.267. The molecule has 1 aromatic carbocycles. The van der Waals surface area contributed by atoms with Gasteiger partial charge in [-0.3, -0.25) is 9.69 Å². The zero-order valence-corrected chi connectivity index (χ0v) is 16.4. The fourth-order valence-corrected chi connectivity index (χ4v) is 3.87. The molecule has 1 aliphatic rings. The van der Waals surface area contributed by atoms with Crippen molar-refractivity contribution in [2.75, 3.05) is 13.2 Å². The summed E-state index contributed by atoms with van der Waals surface area (Å²) in [5.74, 6) is -1.02. The van der Waals surface area contributed by atoms with Crippen molar-refractivity contribution < 1.29 is 24.2 Å². The second kappa shape index (κ2) is 7.97. The predicted octanol–water partition coefficient (Wildman–Crippen LogP) is 2.82. The van der Waals surface area contributed by atoms with Crippen molar-refractivity contribution in [3.05, 3.63) is 31.4 Å². The number of benzene rings is 1. The van der Waals surface area contributed by atoms with Gasteiger partial charge < -0.3 is 15.2 Å². The number of halogens is 2. The average Bonchev–Trinajstić information content (AvgIpc) is 2.74. The molecule has 0 unspecified atom stereocenters. The Morgan fingerprint density at radius 3 is 2.75 bits per heavy atom. The average molecular weight is 509 g/mol. The molecule has 2 N–H and O–H groups in total. The Bertz CT molecular complexity index is 712. The Kier molecular flexibility index (Phi) is 6.21. The number of rotatable bonds is 6. The van der Waals surface area contributed by atoms with Gasteiger partial charge in [-0.05, 0) is 68.7 Å². The highest BCUT2D eigenvalue weighted by molar-refractivity contribution is 14.1. The molecule has 1 aliphatic heterocycles. The number of urea groups is 1. The Morgan fingerprint density at radius 2 is 2.17 bits per heavy atom. The molecule has 9 heteroatoms. The van der Waals surface area contributed by atoms with Crippen LogP contribution >= 0.6 is 38.5 Å². The highest BCUT2D eigenvalue weighted by Gasteiger charge is 2.32. The van der Waals surface area contributed by atoms with E-state index in [1.54, 1.807) is 18.2 Å². The number of carboxylic acid groups (broad SMARTS) is 1. The smallest absolute Gasteiger partial charge is 0.341 e. The van der Waals surface area contributed by atoms with E-state index in [0.29, 0.717) is 32.3 Å². The molecule has 24 heavy (non-hydrogen) atoms. The minimum absolute atomic E-state index is 0.204. The van der Waals surface area contributed by atoms with E-state index >= 15 is 0 Å². The third kappa shape index (κ3) is 4.26. The van der Waals surface area contributed by atoms with Gasteiger partial charge in [-0.2, -0.15) is 0 Å². The van der Waals surface area contributed by atoms with E-state index in [1.807, 2.05) is 29.5 Å². The van der Waals surface area contributed by atoms with E-state index in [0.717, 1.165) is 4.90 Å². The van der Waals surface area contributed by atoms with Gasteiger partial charge in [-0.25, -0.2) is 9.59 Å². The highest BCUT2D eigenvalue weighted by atomic mass is 127. The Morgan fingerprint density at radius 1 is 1.46 bits per heavy atom. The summed E-state index contributed by atoms with van der Waals surface area (Å²) in [7, 11) is 0. The number of nitrogens with zero attached hydrogens (tertiary/aromatic N) is 1. The van der Waals surface area contributed by atoms with Gasteiger partial charge in [-0.1, -0.05) is 6.92 Å². The molecule has 1 saturated heterocycles. The largest absolute Gasteiger partial charge is 0.480 e. The summed E-state index contributed by atoms with van der Waals surface area (Å²) in [5, 5.41) is 11.2.